The third-order valence-corrected chi connectivity index (χ3v) is 5.97. The zero-order valence-electron chi connectivity index (χ0n) is 13.6. The van der Waals surface area contributed by atoms with Crippen LogP contribution in [0.15, 0.2) is 0 Å². The van der Waals surface area contributed by atoms with E-state index in [-0.39, 0.29) is 10.7 Å². The summed E-state index contributed by atoms with van der Waals surface area (Å²) in [6.45, 7) is 11.8. The van der Waals surface area contributed by atoms with Crippen molar-refractivity contribution in [1.82, 2.24) is 14.7 Å². The Balaban J connectivity index is 2.27. The first-order valence-electron chi connectivity index (χ1n) is 7.49. The van der Waals surface area contributed by atoms with Crippen molar-refractivity contribution in [3.05, 3.63) is 17.0 Å². The summed E-state index contributed by atoms with van der Waals surface area (Å²) >= 11 is 0. The predicted molar refractivity (Wildman–Crippen MR) is 85.0 cm³/mol. The summed E-state index contributed by atoms with van der Waals surface area (Å²) < 4.78 is 13.6. The van der Waals surface area contributed by atoms with Gasteiger partial charge in [0.1, 0.15) is 0 Å². The van der Waals surface area contributed by atoms with Gasteiger partial charge in [0.25, 0.3) is 5.91 Å². The highest BCUT2D eigenvalue weighted by molar-refractivity contribution is 7.86. The summed E-state index contributed by atoms with van der Waals surface area (Å²) in [6.07, 6.45) is 0.991. The van der Waals surface area contributed by atoms with E-state index in [1.54, 1.807) is 0 Å². The topological polar surface area (TPSA) is 55.2 Å². The van der Waals surface area contributed by atoms with Crippen molar-refractivity contribution in [3.8, 4) is 0 Å². The number of carbonyl (C=O) groups is 1. The number of carbonyl (C=O) groups excluding carboxylic acids is 1. The van der Waals surface area contributed by atoms with Gasteiger partial charge in [-0.2, -0.15) is 5.10 Å². The lowest BCUT2D eigenvalue weighted by atomic mass is 10.1. The van der Waals surface area contributed by atoms with E-state index in [1.165, 1.54) is 0 Å². The molecule has 0 aromatic carbocycles. The van der Waals surface area contributed by atoms with Crippen LogP contribution in [-0.2, 0) is 17.3 Å². The lowest BCUT2D eigenvalue weighted by Crippen LogP contribution is -2.52. The minimum absolute atomic E-state index is 0.0251. The van der Waals surface area contributed by atoms with E-state index in [0.29, 0.717) is 24.4 Å². The molecule has 1 aromatic rings. The van der Waals surface area contributed by atoms with Gasteiger partial charge in [0.15, 0.2) is 0 Å². The van der Waals surface area contributed by atoms with Crippen molar-refractivity contribution >= 4 is 16.7 Å². The summed E-state index contributed by atoms with van der Waals surface area (Å²) in [5.41, 5.74) is 2.44. The van der Waals surface area contributed by atoms with E-state index in [0.717, 1.165) is 24.4 Å². The molecule has 5 nitrogen and oxygen atoms in total. The molecule has 0 aliphatic carbocycles. The maximum Gasteiger partial charge on any atom is 0.257 e. The molecular weight excluding hydrogens is 286 g/mol. The fourth-order valence-electron chi connectivity index (χ4n) is 2.85. The molecule has 1 aromatic heterocycles. The molecule has 2 rings (SSSR count). The van der Waals surface area contributed by atoms with Gasteiger partial charge in [0.05, 0.1) is 16.0 Å². The molecule has 1 atom stereocenters. The van der Waals surface area contributed by atoms with Crippen molar-refractivity contribution in [1.29, 1.82) is 0 Å². The van der Waals surface area contributed by atoms with Crippen LogP contribution in [0.25, 0.3) is 0 Å². The Morgan fingerprint density at radius 1 is 1.38 bits per heavy atom. The van der Waals surface area contributed by atoms with Crippen LogP contribution in [0, 0.1) is 13.8 Å². The standard InChI is InChI=1S/C15H25N3O2S/c1-6-7-18-12(3)13(11(2)16-18)14(19)17-8-9-21(20)15(4,5)10-17/h6-10H2,1-5H3. The van der Waals surface area contributed by atoms with E-state index < -0.39 is 10.8 Å². The Morgan fingerprint density at radius 2 is 2.05 bits per heavy atom. The number of aryl methyl sites for hydroxylation is 2. The molecule has 0 bridgehead atoms. The second-order valence-electron chi connectivity index (χ2n) is 6.31. The number of aromatic nitrogens is 2. The van der Waals surface area contributed by atoms with Crippen molar-refractivity contribution < 1.29 is 9.00 Å². The van der Waals surface area contributed by atoms with E-state index in [1.807, 2.05) is 37.3 Å². The molecule has 1 aliphatic rings. The second-order valence-corrected chi connectivity index (χ2v) is 8.51. The van der Waals surface area contributed by atoms with E-state index in [2.05, 4.69) is 12.0 Å². The van der Waals surface area contributed by atoms with E-state index >= 15 is 0 Å². The fraction of sp³-hybridized carbons (Fsp3) is 0.733. The molecule has 0 spiro atoms. The summed E-state index contributed by atoms with van der Waals surface area (Å²) in [5, 5.41) is 4.48. The number of hydrogen-bond acceptors (Lipinski definition) is 3. The Labute approximate surface area is 129 Å². The fourth-order valence-corrected chi connectivity index (χ4v) is 4.09. The van der Waals surface area contributed by atoms with Gasteiger partial charge in [-0.15, -0.1) is 0 Å². The zero-order chi connectivity index (χ0) is 15.8. The number of hydrogen-bond donors (Lipinski definition) is 0. The molecule has 118 valence electrons. The van der Waals surface area contributed by atoms with Gasteiger partial charge in [-0.05, 0) is 34.1 Å². The highest BCUT2D eigenvalue weighted by Gasteiger charge is 2.36. The van der Waals surface area contributed by atoms with Crippen LogP contribution in [0.2, 0.25) is 0 Å². The molecule has 6 heteroatoms. The quantitative estimate of drug-likeness (QED) is 0.856. The van der Waals surface area contributed by atoms with Gasteiger partial charge in [0.2, 0.25) is 0 Å². The van der Waals surface area contributed by atoms with Gasteiger partial charge in [-0.1, -0.05) is 6.92 Å². The van der Waals surface area contributed by atoms with Crippen LogP contribution in [0.3, 0.4) is 0 Å². The number of nitrogens with zero attached hydrogens (tertiary/aromatic N) is 3. The average Bonchev–Trinajstić information content (AvgIpc) is 2.67. The molecule has 1 aliphatic heterocycles. The summed E-state index contributed by atoms with van der Waals surface area (Å²) in [4.78, 5) is 14.7. The Bertz CT molecular complexity index is 578. The molecular formula is C15H25N3O2S. The molecule has 1 unspecified atom stereocenters. The summed E-state index contributed by atoms with van der Waals surface area (Å²) in [7, 11) is -0.867. The highest BCUT2D eigenvalue weighted by Crippen LogP contribution is 2.23. The van der Waals surface area contributed by atoms with Gasteiger partial charge < -0.3 is 4.90 Å². The molecule has 0 N–H and O–H groups in total. The zero-order valence-corrected chi connectivity index (χ0v) is 14.4. The smallest absolute Gasteiger partial charge is 0.257 e. The highest BCUT2D eigenvalue weighted by atomic mass is 32.2. The van der Waals surface area contributed by atoms with Crippen LogP contribution < -0.4 is 0 Å². The van der Waals surface area contributed by atoms with Crippen LogP contribution in [0.5, 0.6) is 0 Å². The minimum atomic E-state index is -0.867. The van der Waals surface area contributed by atoms with E-state index in [9.17, 15) is 9.00 Å². The number of rotatable bonds is 3. The SMILES string of the molecule is CCCn1nc(C)c(C(=O)N2CCS(=O)C(C)(C)C2)c1C. The molecule has 2 heterocycles. The van der Waals surface area contributed by atoms with Crippen LogP contribution in [-0.4, -0.2) is 48.4 Å². The normalized spacial score (nSPS) is 21.6. The van der Waals surface area contributed by atoms with Crippen LogP contribution >= 0.6 is 0 Å². The lowest BCUT2D eigenvalue weighted by Gasteiger charge is -2.37. The van der Waals surface area contributed by atoms with E-state index in [4.69, 9.17) is 0 Å². The minimum Gasteiger partial charge on any atom is -0.336 e. The predicted octanol–water partition coefficient (Wildman–Crippen LogP) is 1.89. The molecule has 1 amide bonds. The molecule has 1 fully saturated rings. The molecule has 21 heavy (non-hydrogen) atoms. The largest absolute Gasteiger partial charge is 0.336 e. The van der Waals surface area contributed by atoms with Gasteiger partial charge in [-0.3, -0.25) is 13.7 Å². The van der Waals surface area contributed by atoms with Crippen molar-refractivity contribution in [2.24, 2.45) is 0 Å². The van der Waals surface area contributed by atoms with Crippen molar-refractivity contribution in [2.45, 2.75) is 52.3 Å². The lowest BCUT2D eigenvalue weighted by molar-refractivity contribution is 0.0744. The maximum absolute atomic E-state index is 12.8. The molecule has 0 saturated carbocycles. The van der Waals surface area contributed by atoms with Crippen molar-refractivity contribution in [3.63, 3.8) is 0 Å². The Hall–Kier alpha value is -1.17. The summed E-state index contributed by atoms with van der Waals surface area (Å²) in [6, 6.07) is 0. The van der Waals surface area contributed by atoms with Crippen LogP contribution in [0.1, 0.15) is 48.9 Å². The maximum atomic E-state index is 12.8. The van der Waals surface area contributed by atoms with Gasteiger partial charge >= 0.3 is 0 Å². The molecule has 0 radical (unpaired) electrons. The van der Waals surface area contributed by atoms with Crippen LogP contribution in [0.4, 0.5) is 0 Å². The Kier molecular flexibility index (Phi) is 4.56. The Morgan fingerprint density at radius 3 is 2.62 bits per heavy atom. The monoisotopic (exact) mass is 311 g/mol. The van der Waals surface area contributed by atoms with Gasteiger partial charge in [-0.25, -0.2) is 0 Å². The van der Waals surface area contributed by atoms with Gasteiger partial charge in [0, 0.05) is 41.9 Å². The average molecular weight is 311 g/mol. The first-order chi connectivity index (χ1) is 9.77. The third kappa shape index (κ3) is 3.05. The second kappa shape index (κ2) is 5.91. The number of amides is 1. The third-order valence-electron chi connectivity index (χ3n) is 4.05. The van der Waals surface area contributed by atoms with Crippen molar-refractivity contribution in [2.75, 3.05) is 18.8 Å². The molecule has 1 saturated heterocycles. The first kappa shape index (κ1) is 16.2. The summed E-state index contributed by atoms with van der Waals surface area (Å²) in [5.74, 6) is 0.581. The first-order valence-corrected chi connectivity index (χ1v) is 8.81.